The number of fused-ring (bicyclic) bond motifs is 2. The van der Waals surface area contributed by atoms with Crippen LogP contribution in [0.1, 0.15) is 165 Å². The lowest BCUT2D eigenvalue weighted by Gasteiger charge is -2.60. The SMILES string of the molecule is C=CCO[C@@]12Oc3ccc(Oc4ccc(C)c(C)c4)cc3[C@H]3[C@H](CCCCO)[C@@H](CCCCO)C=C(C(=NOC(C)(C)C)C[C@@H]1N(Cc1ccc(F)cc1)C(=O)OCCCCCCCCCCCC)[C@H]32. The zero-order chi connectivity index (χ0) is 50.1. The van der Waals surface area contributed by atoms with E-state index in [1.54, 1.807) is 23.1 Å². The first-order valence-corrected chi connectivity index (χ1v) is 26.5. The van der Waals surface area contributed by atoms with Gasteiger partial charge in [0.2, 0.25) is 5.79 Å². The lowest BCUT2D eigenvalue weighted by Crippen LogP contribution is -2.70. The van der Waals surface area contributed by atoms with Gasteiger partial charge in [0.25, 0.3) is 0 Å². The molecule has 1 fully saturated rings. The van der Waals surface area contributed by atoms with Gasteiger partial charge in [0.15, 0.2) is 0 Å². The summed E-state index contributed by atoms with van der Waals surface area (Å²) < 4.78 is 42.0. The molecule has 0 unspecified atom stereocenters. The molecular formula is C59H83FN2O8. The molecule has 1 aliphatic heterocycles. The minimum atomic E-state index is -1.49. The number of hydrogen-bond acceptors (Lipinski definition) is 9. The summed E-state index contributed by atoms with van der Waals surface area (Å²) in [5.41, 5.74) is 4.99. The first kappa shape index (κ1) is 54.6. The van der Waals surface area contributed by atoms with Gasteiger partial charge in [-0.05, 0) is 143 Å². The molecular weight excluding hydrogens is 884 g/mol. The molecule has 3 aromatic rings. The van der Waals surface area contributed by atoms with Crippen LogP contribution in [-0.4, -0.2) is 70.8 Å². The normalized spacial score (nSPS) is 22.1. The second-order valence-corrected chi connectivity index (χ2v) is 20.9. The van der Waals surface area contributed by atoms with Crippen molar-refractivity contribution in [1.82, 2.24) is 4.90 Å². The van der Waals surface area contributed by atoms with Gasteiger partial charge in [-0.15, -0.1) is 6.58 Å². The molecule has 3 aromatic carbocycles. The summed E-state index contributed by atoms with van der Waals surface area (Å²) in [5, 5.41) is 25.1. The molecule has 0 aromatic heterocycles. The lowest BCUT2D eigenvalue weighted by atomic mass is 9.55. The second kappa shape index (κ2) is 26.7. The summed E-state index contributed by atoms with van der Waals surface area (Å²) in [4.78, 5) is 23.1. The maximum atomic E-state index is 15.0. The van der Waals surface area contributed by atoms with Gasteiger partial charge < -0.3 is 34.0 Å². The smallest absolute Gasteiger partial charge is 0.410 e. The Bertz CT molecular complexity index is 2180. The van der Waals surface area contributed by atoms with E-state index in [1.807, 2.05) is 45.0 Å². The molecule has 0 bridgehead atoms. The molecule has 6 rings (SSSR count). The number of hydrogen-bond donors (Lipinski definition) is 2. The molecule has 1 amide bonds. The van der Waals surface area contributed by atoms with Gasteiger partial charge in [-0.3, -0.25) is 4.90 Å². The first-order valence-electron chi connectivity index (χ1n) is 26.5. The van der Waals surface area contributed by atoms with Gasteiger partial charge >= 0.3 is 6.09 Å². The third-order valence-corrected chi connectivity index (χ3v) is 14.4. The summed E-state index contributed by atoms with van der Waals surface area (Å²) in [6.07, 6.45) is 19.9. The zero-order valence-electron chi connectivity index (χ0n) is 43.2. The number of halogens is 1. The Morgan fingerprint density at radius 3 is 2.17 bits per heavy atom. The number of allylic oxidation sites excluding steroid dienone is 1. The van der Waals surface area contributed by atoms with E-state index in [4.69, 9.17) is 28.9 Å². The molecule has 70 heavy (non-hydrogen) atoms. The number of aliphatic hydroxyl groups excluding tert-OH is 2. The van der Waals surface area contributed by atoms with Crippen molar-refractivity contribution in [2.24, 2.45) is 22.9 Å². The molecule has 0 spiro atoms. The highest BCUT2D eigenvalue weighted by Crippen LogP contribution is 2.62. The molecule has 1 saturated carbocycles. The molecule has 2 aliphatic carbocycles. The van der Waals surface area contributed by atoms with Gasteiger partial charge in [-0.25, -0.2) is 9.18 Å². The third-order valence-electron chi connectivity index (χ3n) is 14.4. The van der Waals surface area contributed by atoms with Crippen molar-refractivity contribution in [2.75, 3.05) is 26.4 Å². The van der Waals surface area contributed by atoms with Crippen LogP contribution in [0.3, 0.4) is 0 Å². The molecule has 10 nitrogen and oxygen atoms in total. The predicted octanol–water partition coefficient (Wildman–Crippen LogP) is 14.2. The van der Waals surface area contributed by atoms with Crippen LogP contribution in [0.25, 0.3) is 0 Å². The molecule has 3 aliphatic rings. The fraction of sp³-hybridized carbons (Fsp3) is 0.593. The Morgan fingerprint density at radius 1 is 0.857 bits per heavy atom. The Morgan fingerprint density at radius 2 is 1.51 bits per heavy atom. The monoisotopic (exact) mass is 967 g/mol. The van der Waals surface area contributed by atoms with E-state index in [0.717, 1.165) is 73.0 Å². The molecule has 6 atom stereocenters. The largest absolute Gasteiger partial charge is 0.459 e. The highest BCUT2D eigenvalue weighted by atomic mass is 19.1. The Hall–Kier alpha value is -4.71. The maximum Gasteiger partial charge on any atom is 0.410 e. The van der Waals surface area contributed by atoms with E-state index < -0.39 is 29.4 Å². The van der Waals surface area contributed by atoms with Gasteiger partial charge in [-0.1, -0.05) is 113 Å². The van der Waals surface area contributed by atoms with Crippen LogP contribution in [0, 0.1) is 37.4 Å². The minimum absolute atomic E-state index is 0.0302. The average Bonchev–Trinajstić information content (AvgIpc) is 3.33. The standard InChI is InChI=1S/C59H83FN2O8/c1-8-10-11-12-13-14-15-16-17-22-36-66-57(65)62(41-44-26-28-46(60)29-27-44)54-40-52(61-70-58(5,6)7)50-38-45(23-18-20-33-63)49(24-19-21-34-64)55-51-39-48(68-47-30-25-42(3)43(4)37-47)31-32-53(51)69-59(54,56(50)55)67-35-9-2/h9,25-32,37-39,45,49,54-56,63-64H,2,8,10-24,33-36,40-41H2,1,3-7H3/t45-,49+,54-,55+,56+,59+/m0/s1. The first-order chi connectivity index (χ1) is 33.8. The number of carbonyl (C=O) groups excluding carboxylic acids is 1. The van der Waals surface area contributed by atoms with Crippen LogP contribution in [0.2, 0.25) is 0 Å². The summed E-state index contributed by atoms with van der Waals surface area (Å²) in [5.74, 6) is -0.512. The Labute approximate surface area is 418 Å². The van der Waals surface area contributed by atoms with Crippen molar-refractivity contribution >= 4 is 11.8 Å². The van der Waals surface area contributed by atoms with Crippen LogP contribution in [-0.2, 0) is 20.9 Å². The van der Waals surface area contributed by atoms with E-state index in [1.165, 1.54) is 62.6 Å². The van der Waals surface area contributed by atoms with Gasteiger partial charge in [0.05, 0.1) is 24.8 Å². The van der Waals surface area contributed by atoms with Crippen molar-refractivity contribution in [3.8, 4) is 17.2 Å². The van der Waals surface area contributed by atoms with Crippen LogP contribution in [0.4, 0.5) is 9.18 Å². The Kier molecular flexibility index (Phi) is 20.8. The molecule has 2 N–H and O–H groups in total. The summed E-state index contributed by atoms with van der Waals surface area (Å²) in [7, 11) is 0. The lowest BCUT2D eigenvalue weighted by molar-refractivity contribution is -0.256. The quantitative estimate of drug-likeness (QED) is 0.0419. The number of nitrogens with zero attached hydrogens (tertiary/aromatic N) is 2. The molecule has 11 heteroatoms. The third kappa shape index (κ3) is 14.5. The zero-order valence-corrected chi connectivity index (χ0v) is 43.2. The van der Waals surface area contributed by atoms with Gasteiger partial charge in [-0.2, -0.15) is 0 Å². The molecule has 0 radical (unpaired) electrons. The van der Waals surface area contributed by atoms with Gasteiger partial charge in [0.1, 0.15) is 34.7 Å². The number of oxime groups is 1. The van der Waals surface area contributed by atoms with Crippen molar-refractivity contribution in [3.05, 3.63) is 113 Å². The van der Waals surface area contributed by atoms with Crippen molar-refractivity contribution in [1.29, 1.82) is 0 Å². The van der Waals surface area contributed by atoms with Crippen molar-refractivity contribution < 1.29 is 43.2 Å². The second-order valence-electron chi connectivity index (χ2n) is 20.9. The summed E-state index contributed by atoms with van der Waals surface area (Å²) in [6.45, 7) is 17.0. The maximum absolute atomic E-state index is 15.0. The Balaban J connectivity index is 1.48. The number of aliphatic hydroxyl groups is 2. The molecule has 1 heterocycles. The average molecular weight is 967 g/mol. The van der Waals surface area contributed by atoms with Crippen LogP contribution >= 0.6 is 0 Å². The highest BCUT2D eigenvalue weighted by Gasteiger charge is 2.66. The van der Waals surface area contributed by atoms with E-state index in [9.17, 15) is 14.6 Å². The van der Waals surface area contributed by atoms with Crippen molar-refractivity contribution in [2.45, 2.75) is 181 Å². The van der Waals surface area contributed by atoms with E-state index in [0.29, 0.717) is 30.1 Å². The number of aryl methyl sites for hydroxylation is 2. The van der Waals surface area contributed by atoms with Gasteiger partial charge in [0, 0.05) is 37.7 Å². The van der Waals surface area contributed by atoms with Crippen LogP contribution < -0.4 is 9.47 Å². The number of amides is 1. The predicted molar refractivity (Wildman–Crippen MR) is 277 cm³/mol. The number of unbranched alkanes of at least 4 members (excludes halogenated alkanes) is 11. The molecule has 384 valence electrons. The number of rotatable bonds is 28. The van der Waals surface area contributed by atoms with Crippen LogP contribution in [0.15, 0.2) is 90.1 Å². The minimum Gasteiger partial charge on any atom is -0.459 e. The fourth-order valence-corrected chi connectivity index (χ4v) is 10.7. The fourth-order valence-electron chi connectivity index (χ4n) is 10.7. The van der Waals surface area contributed by atoms with E-state index in [2.05, 4.69) is 45.6 Å². The number of ether oxygens (including phenoxy) is 4. The van der Waals surface area contributed by atoms with E-state index >= 15 is 4.79 Å². The van der Waals surface area contributed by atoms with Crippen LogP contribution in [0.5, 0.6) is 17.2 Å². The van der Waals surface area contributed by atoms with E-state index in [-0.39, 0.29) is 63.0 Å². The summed E-state index contributed by atoms with van der Waals surface area (Å²) >= 11 is 0. The number of benzene rings is 3. The van der Waals surface area contributed by atoms with Crippen molar-refractivity contribution in [3.63, 3.8) is 0 Å². The number of carbonyl (C=O) groups is 1. The highest BCUT2D eigenvalue weighted by molar-refractivity contribution is 6.03. The topological polar surface area (TPSA) is 119 Å². The summed E-state index contributed by atoms with van der Waals surface area (Å²) in [6, 6.07) is 17.5. The molecule has 0 saturated heterocycles.